The first-order valence-electron chi connectivity index (χ1n) is 9.85. The molecule has 0 saturated heterocycles. The van der Waals surface area contributed by atoms with Crippen molar-refractivity contribution in [2.24, 2.45) is 0 Å². The van der Waals surface area contributed by atoms with Crippen LogP contribution in [0.1, 0.15) is 27.8 Å². The van der Waals surface area contributed by atoms with E-state index in [9.17, 15) is 9.18 Å². The summed E-state index contributed by atoms with van der Waals surface area (Å²) in [6, 6.07) is 8.81. The molecule has 4 aromatic rings. The van der Waals surface area contributed by atoms with E-state index in [1.807, 2.05) is 6.92 Å². The van der Waals surface area contributed by atoms with Crippen molar-refractivity contribution in [2.75, 3.05) is 6.54 Å². The molecular formula is C22H21FN4O2S2. The van der Waals surface area contributed by atoms with Crippen molar-refractivity contribution in [1.29, 1.82) is 0 Å². The number of halogens is 1. The van der Waals surface area contributed by atoms with E-state index < -0.39 is 0 Å². The summed E-state index contributed by atoms with van der Waals surface area (Å²) in [4.78, 5) is 23.3. The summed E-state index contributed by atoms with van der Waals surface area (Å²) in [6.45, 7) is 4.25. The second-order valence-corrected chi connectivity index (χ2v) is 9.32. The lowest BCUT2D eigenvalue weighted by Crippen LogP contribution is -2.25. The molecule has 1 N–H and O–H groups in total. The fourth-order valence-electron chi connectivity index (χ4n) is 3.02. The minimum Gasteiger partial charge on any atom is -0.356 e. The average Bonchev–Trinajstić information content (AvgIpc) is 3.49. The number of nitrogens with one attached hydrogen (secondary N) is 1. The lowest BCUT2D eigenvalue weighted by Gasteiger charge is -2.02. The fraction of sp³-hybridized carbons (Fsp3) is 0.273. The van der Waals surface area contributed by atoms with Gasteiger partial charge in [0.05, 0.1) is 15.6 Å². The van der Waals surface area contributed by atoms with Crippen molar-refractivity contribution in [3.8, 4) is 22.0 Å². The number of nitrogens with zero attached hydrogens (tertiary/aromatic N) is 3. The first-order valence-corrected chi connectivity index (χ1v) is 11.5. The van der Waals surface area contributed by atoms with Gasteiger partial charge in [-0.05, 0) is 56.2 Å². The molecular weight excluding hydrogens is 435 g/mol. The lowest BCUT2D eigenvalue weighted by molar-refractivity contribution is -0.121. The Morgan fingerprint density at radius 3 is 2.81 bits per heavy atom. The first kappa shape index (κ1) is 21.3. The molecule has 1 aromatic carbocycles. The zero-order valence-corrected chi connectivity index (χ0v) is 18.8. The molecule has 3 heterocycles. The molecule has 1 amide bonds. The lowest BCUT2D eigenvalue weighted by atomic mass is 10.1. The number of carbonyl (C=O) groups is 1. The summed E-state index contributed by atoms with van der Waals surface area (Å²) >= 11 is 3.34. The van der Waals surface area contributed by atoms with Crippen LogP contribution in [0.5, 0.6) is 0 Å². The topological polar surface area (TPSA) is 80.9 Å². The van der Waals surface area contributed by atoms with Gasteiger partial charge >= 0.3 is 0 Å². The maximum Gasteiger partial charge on any atom is 0.227 e. The van der Waals surface area contributed by atoms with Gasteiger partial charge in [0.2, 0.25) is 17.6 Å². The summed E-state index contributed by atoms with van der Waals surface area (Å²) < 4.78 is 18.6. The number of thiazole rings is 1. The summed E-state index contributed by atoms with van der Waals surface area (Å²) in [7, 11) is 0. The Balaban J connectivity index is 1.22. The van der Waals surface area contributed by atoms with E-state index in [-0.39, 0.29) is 18.1 Å². The number of benzene rings is 1. The highest BCUT2D eigenvalue weighted by molar-refractivity contribution is 7.16. The zero-order valence-electron chi connectivity index (χ0n) is 17.1. The number of aromatic nitrogens is 3. The summed E-state index contributed by atoms with van der Waals surface area (Å²) in [6.07, 6.45) is 1.39. The van der Waals surface area contributed by atoms with Crippen molar-refractivity contribution < 1.29 is 13.7 Å². The summed E-state index contributed by atoms with van der Waals surface area (Å²) in [5.41, 5.74) is 2.21. The van der Waals surface area contributed by atoms with E-state index in [0.29, 0.717) is 35.8 Å². The molecule has 0 fully saturated rings. The molecule has 6 nitrogen and oxygen atoms in total. The van der Waals surface area contributed by atoms with Crippen molar-refractivity contribution in [3.63, 3.8) is 0 Å². The van der Waals surface area contributed by atoms with Crippen LogP contribution in [0.4, 0.5) is 4.39 Å². The Bertz CT molecular complexity index is 1200. The van der Waals surface area contributed by atoms with Crippen molar-refractivity contribution >= 4 is 28.6 Å². The molecule has 0 aliphatic heterocycles. The van der Waals surface area contributed by atoms with Crippen LogP contribution >= 0.6 is 22.7 Å². The van der Waals surface area contributed by atoms with E-state index >= 15 is 0 Å². The van der Waals surface area contributed by atoms with Crippen LogP contribution in [0.25, 0.3) is 22.0 Å². The van der Waals surface area contributed by atoms with Gasteiger partial charge in [0.15, 0.2) is 0 Å². The van der Waals surface area contributed by atoms with Crippen molar-refractivity contribution in [1.82, 2.24) is 20.4 Å². The third kappa shape index (κ3) is 5.42. The predicted molar refractivity (Wildman–Crippen MR) is 120 cm³/mol. The summed E-state index contributed by atoms with van der Waals surface area (Å²) in [5.74, 6) is 0.432. The van der Waals surface area contributed by atoms with Crippen LogP contribution in [-0.4, -0.2) is 27.6 Å². The Kier molecular flexibility index (Phi) is 6.53. The van der Waals surface area contributed by atoms with Gasteiger partial charge in [-0.25, -0.2) is 9.37 Å². The first-order chi connectivity index (χ1) is 15.0. The number of aryl methyl sites for hydroxylation is 3. The van der Waals surface area contributed by atoms with Crippen LogP contribution in [0.2, 0.25) is 0 Å². The minimum atomic E-state index is -0.277. The second kappa shape index (κ2) is 9.49. The molecule has 0 radical (unpaired) electrons. The SMILES string of the molecule is Cc1nc(-c2ccc(CCNC(=O)CCc3nc(-c4ccc(F)c(C)c4)no3)s2)cs1. The second-order valence-electron chi connectivity index (χ2n) is 7.09. The van der Waals surface area contributed by atoms with Gasteiger partial charge in [0, 0.05) is 35.2 Å². The zero-order chi connectivity index (χ0) is 21.8. The predicted octanol–water partition coefficient (Wildman–Crippen LogP) is 4.97. The van der Waals surface area contributed by atoms with Gasteiger partial charge < -0.3 is 9.84 Å². The van der Waals surface area contributed by atoms with Gasteiger partial charge in [0.1, 0.15) is 5.82 Å². The minimum absolute atomic E-state index is 0.0655. The van der Waals surface area contributed by atoms with Crippen LogP contribution in [0.15, 0.2) is 40.2 Å². The Morgan fingerprint density at radius 1 is 1.16 bits per heavy atom. The van der Waals surface area contributed by atoms with Crippen molar-refractivity contribution in [2.45, 2.75) is 33.1 Å². The third-order valence-electron chi connectivity index (χ3n) is 4.68. The van der Waals surface area contributed by atoms with E-state index in [2.05, 4.69) is 38.0 Å². The molecule has 0 spiro atoms. The molecule has 0 aliphatic rings. The van der Waals surface area contributed by atoms with Gasteiger partial charge in [0.25, 0.3) is 0 Å². The average molecular weight is 457 g/mol. The van der Waals surface area contributed by atoms with Crippen LogP contribution < -0.4 is 5.32 Å². The number of amides is 1. The molecule has 0 saturated carbocycles. The molecule has 0 aliphatic carbocycles. The monoisotopic (exact) mass is 456 g/mol. The normalized spacial score (nSPS) is 11.1. The number of rotatable bonds is 8. The molecule has 9 heteroatoms. The Labute approximate surface area is 187 Å². The highest BCUT2D eigenvalue weighted by Gasteiger charge is 2.12. The van der Waals surface area contributed by atoms with E-state index in [1.54, 1.807) is 41.7 Å². The molecule has 31 heavy (non-hydrogen) atoms. The molecule has 4 rings (SSSR count). The number of thiophene rings is 1. The van der Waals surface area contributed by atoms with Crippen LogP contribution in [0, 0.1) is 19.7 Å². The third-order valence-corrected chi connectivity index (χ3v) is 6.62. The quantitative estimate of drug-likeness (QED) is 0.405. The van der Waals surface area contributed by atoms with E-state index in [1.165, 1.54) is 10.9 Å². The maximum absolute atomic E-state index is 13.4. The standard InChI is InChI=1S/C22H21FN4O2S2/c1-13-11-15(3-5-17(13)23)22-26-21(29-27-22)8-7-20(28)24-10-9-16-4-6-19(31-16)18-12-30-14(2)25-18/h3-6,11-12H,7-10H2,1-2H3,(H,24,28). The Morgan fingerprint density at radius 2 is 2.03 bits per heavy atom. The fourth-order valence-corrected chi connectivity index (χ4v) is 4.67. The van der Waals surface area contributed by atoms with Crippen molar-refractivity contribution in [3.05, 3.63) is 62.9 Å². The molecule has 0 unspecified atom stereocenters. The molecule has 160 valence electrons. The van der Waals surface area contributed by atoms with Gasteiger partial charge in [-0.2, -0.15) is 4.98 Å². The molecule has 3 aromatic heterocycles. The summed E-state index contributed by atoms with van der Waals surface area (Å²) in [5, 5.41) is 9.97. The van der Waals surface area contributed by atoms with Crippen LogP contribution in [-0.2, 0) is 17.6 Å². The number of hydrogen-bond acceptors (Lipinski definition) is 7. The highest BCUT2D eigenvalue weighted by Crippen LogP contribution is 2.29. The highest BCUT2D eigenvalue weighted by atomic mass is 32.1. The number of hydrogen-bond donors (Lipinski definition) is 1. The van der Waals surface area contributed by atoms with Crippen LogP contribution in [0.3, 0.4) is 0 Å². The van der Waals surface area contributed by atoms with E-state index in [4.69, 9.17) is 4.52 Å². The van der Waals surface area contributed by atoms with Gasteiger partial charge in [-0.3, -0.25) is 4.79 Å². The maximum atomic E-state index is 13.4. The number of carbonyl (C=O) groups excluding carboxylic acids is 1. The van der Waals surface area contributed by atoms with E-state index in [0.717, 1.165) is 22.0 Å². The van der Waals surface area contributed by atoms with Gasteiger partial charge in [-0.15, -0.1) is 22.7 Å². The smallest absolute Gasteiger partial charge is 0.227 e. The molecule has 0 atom stereocenters. The molecule has 0 bridgehead atoms. The Hall–Kier alpha value is -2.91. The van der Waals surface area contributed by atoms with Gasteiger partial charge in [-0.1, -0.05) is 5.16 Å². The largest absolute Gasteiger partial charge is 0.356 e.